The molecule has 0 saturated carbocycles. The fraction of sp³-hybridized carbons (Fsp3) is 0.257. The first kappa shape index (κ1) is 24.0. The van der Waals surface area contributed by atoms with Crippen LogP contribution in [-0.2, 0) is 5.41 Å². The van der Waals surface area contributed by atoms with E-state index in [2.05, 4.69) is 122 Å². The average molecular weight is 470 g/mol. The summed E-state index contributed by atoms with van der Waals surface area (Å²) in [5.74, 6) is 2.90. The fourth-order valence-electron chi connectivity index (χ4n) is 5.93. The van der Waals surface area contributed by atoms with E-state index in [-0.39, 0.29) is 5.41 Å². The molecule has 0 fully saturated rings. The van der Waals surface area contributed by atoms with Crippen LogP contribution in [0.2, 0.25) is 0 Å². The molecule has 0 unspecified atom stereocenters. The van der Waals surface area contributed by atoms with Crippen LogP contribution in [0.5, 0.6) is 0 Å². The molecule has 5 rings (SSSR count). The van der Waals surface area contributed by atoms with Crippen LogP contribution < -0.4 is 4.90 Å². The molecule has 0 spiro atoms. The molecular weight excluding hydrogens is 434 g/mol. The van der Waals surface area contributed by atoms with Crippen LogP contribution in [0.25, 0.3) is 11.1 Å². The van der Waals surface area contributed by atoms with Gasteiger partial charge in [-0.1, -0.05) is 94.0 Å². The van der Waals surface area contributed by atoms with Crippen molar-refractivity contribution in [2.45, 2.75) is 57.8 Å². The lowest BCUT2D eigenvalue weighted by Crippen LogP contribution is -2.26. The summed E-state index contributed by atoms with van der Waals surface area (Å²) in [5, 5.41) is 0. The van der Waals surface area contributed by atoms with Gasteiger partial charge in [-0.15, -0.1) is 6.42 Å². The van der Waals surface area contributed by atoms with Gasteiger partial charge in [0.15, 0.2) is 0 Å². The van der Waals surface area contributed by atoms with E-state index in [1.165, 1.54) is 65.0 Å². The zero-order valence-corrected chi connectivity index (χ0v) is 21.5. The maximum atomic E-state index is 5.87. The van der Waals surface area contributed by atoms with Crippen LogP contribution in [0.15, 0.2) is 97.1 Å². The average Bonchev–Trinajstić information content (AvgIpc) is 3.20. The predicted octanol–water partition coefficient (Wildman–Crippen LogP) is 9.78. The fourth-order valence-corrected chi connectivity index (χ4v) is 5.93. The first-order valence-corrected chi connectivity index (χ1v) is 13.4. The van der Waals surface area contributed by atoms with Crippen molar-refractivity contribution in [2.75, 3.05) is 4.90 Å². The summed E-state index contributed by atoms with van der Waals surface area (Å²) < 4.78 is 0. The Morgan fingerprint density at radius 3 is 1.69 bits per heavy atom. The van der Waals surface area contributed by atoms with Gasteiger partial charge in [-0.25, -0.2) is 0 Å². The largest absolute Gasteiger partial charge is 0.310 e. The van der Waals surface area contributed by atoms with Crippen LogP contribution >= 0.6 is 0 Å². The predicted molar refractivity (Wildman–Crippen MR) is 154 cm³/mol. The van der Waals surface area contributed by atoms with Gasteiger partial charge < -0.3 is 4.90 Å². The zero-order chi connectivity index (χ0) is 25.0. The molecule has 36 heavy (non-hydrogen) atoms. The molecule has 0 heterocycles. The smallest absolute Gasteiger partial charge is 0.0465 e. The number of rotatable bonds is 9. The number of benzene rings is 4. The molecule has 0 radical (unpaired) electrons. The second-order valence-electron chi connectivity index (χ2n) is 9.93. The number of para-hydroxylation sites is 2. The van der Waals surface area contributed by atoms with Crippen molar-refractivity contribution in [2.24, 2.45) is 0 Å². The molecule has 1 nitrogen and oxygen atoms in total. The highest BCUT2D eigenvalue weighted by Gasteiger charge is 2.42. The number of anilines is 3. The molecule has 4 aromatic carbocycles. The minimum absolute atomic E-state index is 0.00139. The van der Waals surface area contributed by atoms with Gasteiger partial charge in [0.2, 0.25) is 0 Å². The lowest BCUT2D eigenvalue weighted by molar-refractivity contribution is 0.414. The molecule has 1 aliphatic rings. The maximum Gasteiger partial charge on any atom is 0.0465 e. The van der Waals surface area contributed by atoms with Crippen LogP contribution in [0.1, 0.15) is 69.1 Å². The van der Waals surface area contributed by atoms with E-state index in [9.17, 15) is 0 Å². The molecule has 0 aliphatic heterocycles. The summed E-state index contributed by atoms with van der Waals surface area (Å²) in [4.78, 5) is 2.38. The Morgan fingerprint density at radius 2 is 1.17 bits per heavy atom. The third-order valence-electron chi connectivity index (χ3n) is 7.71. The highest BCUT2D eigenvalue weighted by molar-refractivity contribution is 5.86. The quantitative estimate of drug-likeness (QED) is 0.220. The normalized spacial score (nSPS) is 13.0. The first-order valence-electron chi connectivity index (χ1n) is 13.4. The van der Waals surface area contributed by atoms with E-state index in [1.807, 2.05) is 0 Å². The van der Waals surface area contributed by atoms with Gasteiger partial charge in [0.05, 0.1) is 0 Å². The SMILES string of the molecule is C#Cc1ccc2c(c1)C(CCCC)(CCCC)c1cc(N(c3ccccc3)c3ccccc3)ccc1-2. The van der Waals surface area contributed by atoms with E-state index in [0.717, 1.165) is 18.4 Å². The number of fused-ring (bicyclic) bond motifs is 3. The van der Waals surface area contributed by atoms with E-state index in [1.54, 1.807) is 0 Å². The van der Waals surface area contributed by atoms with Gasteiger partial charge in [-0.05, 0) is 83.6 Å². The van der Waals surface area contributed by atoms with Gasteiger partial charge >= 0.3 is 0 Å². The van der Waals surface area contributed by atoms with Crippen molar-refractivity contribution in [3.8, 4) is 23.5 Å². The highest BCUT2D eigenvalue weighted by Crippen LogP contribution is 2.55. The second kappa shape index (κ2) is 10.5. The highest BCUT2D eigenvalue weighted by atomic mass is 15.1. The molecule has 0 bridgehead atoms. The number of terminal acetylenes is 1. The summed E-state index contributed by atoms with van der Waals surface area (Å²) in [6, 6.07) is 35.1. The second-order valence-corrected chi connectivity index (χ2v) is 9.93. The maximum absolute atomic E-state index is 5.87. The topological polar surface area (TPSA) is 3.24 Å². The van der Waals surface area contributed by atoms with E-state index < -0.39 is 0 Å². The van der Waals surface area contributed by atoms with Crippen molar-refractivity contribution < 1.29 is 0 Å². The summed E-state index contributed by atoms with van der Waals surface area (Å²) in [6.45, 7) is 4.59. The molecule has 4 aromatic rings. The lowest BCUT2D eigenvalue weighted by atomic mass is 9.70. The molecule has 0 atom stereocenters. The summed E-state index contributed by atoms with van der Waals surface area (Å²) in [7, 11) is 0. The van der Waals surface area contributed by atoms with Crippen molar-refractivity contribution in [1.29, 1.82) is 0 Å². The van der Waals surface area contributed by atoms with Crippen molar-refractivity contribution >= 4 is 17.1 Å². The summed E-state index contributed by atoms with van der Waals surface area (Å²) in [6.07, 6.45) is 13.0. The van der Waals surface area contributed by atoms with Crippen molar-refractivity contribution in [1.82, 2.24) is 0 Å². The number of unbranched alkanes of at least 4 members (excludes halogenated alkanes) is 2. The van der Waals surface area contributed by atoms with Gasteiger partial charge in [-0.3, -0.25) is 0 Å². The van der Waals surface area contributed by atoms with Crippen molar-refractivity contribution in [3.63, 3.8) is 0 Å². The van der Waals surface area contributed by atoms with Gasteiger partial charge in [0.25, 0.3) is 0 Å². The molecule has 1 heteroatoms. The molecule has 0 N–H and O–H groups in total. The zero-order valence-electron chi connectivity index (χ0n) is 21.5. The molecule has 0 saturated heterocycles. The Labute approximate surface area is 216 Å². The Kier molecular flexibility index (Phi) is 6.97. The lowest BCUT2D eigenvalue weighted by Gasteiger charge is -2.34. The standard InChI is InChI=1S/C35H35N/c1-4-7-23-35(24-8-5-2)33-25-27(6-3)19-21-31(33)32-22-20-30(26-34(32)35)36(28-15-11-9-12-16-28)29-17-13-10-14-18-29/h3,9-22,25-26H,4-5,7-8,23-24H2,1-2H3. The first-order chi connectivity index (χ1) is 17.7. The molecule has 1 aliphatic carbocycles. The van der Waals surface area contributed by atoms with Crippen molar-refractivity contribution in [3.05, 3.63) is 114 Å². The molecule has 0 aromatic heterocycles. The Bertz CT molecular complexity index is 1310. The number of hydrogen-bond donors (Lipinski definition) is 0. The monoisotopic (exact) mass is 469 g/mol. The number of nitrogens with zero attached hydrogens (tertiary/aromatic N) is 1. The van der Waals surface area contributed by atoms with Crippen LogP contribution in [-0.4, -0.2) is 0 Å². The minimum Gasteiger partial charge on any atom is -0.310 e. The molecule has 180 valence electrons. The van der Waals surface area contributed by atoms with Gasteiger partial charge in [0, 0.05) is 28.0 Å². The Hall–Kier alpha value is -3.76. The van der Waals surface area contributed by atoms with Gasteiger partial charge in [0.1, 0.15) is 0 Å². The summed E-state index contributed by atoms with van der Waals surface area (Å²) in [5.41, 5.74) is 10.1. The van der Waals surface area contributed by atoms with E-state index in [4.69, 9.17) is 6.42 Å². The molecular formula is C35H35N. The minimum atomic E-state index is -0.00139. The third kappa shape index (κ3) is 4.22. The van der Waals surface area contributed by atoms with Crippen LogP contribution in [0.3, 0.4) is 0 Å². The molecule has 0 amide bonds. The van der Waals surface area contributed by atoms with Gasteiger partial charge in [-0.2, -0.15) is 0 Å². The Morgan fingerprint density at radius 1 is 0.639 bits per heavy atom. The van der Waals surface area contributed by atoms with E-state index >= 15 is 0 Å². The summed E-state index contributed by atoms with van der Waals surface area (Å²) >= 11 is 0. The Balaban J connectivity index is 1.73. The van der Waals surface area contributed by atoms with E-state index in [0.29, 0.717) is 0 Å². The van der Waals surface area contributed by atoms with Crippen LogP contribution in [0.4, 0.5) is 17.1 Å². The number of hydrogen-bond acceptors (Lipinski definition) is 1. The van der Waals surface area contributed by atoms with Crippen LogP contribution in [0, 0.1) is 12.3 Å². The third-order valence-corrected chi connectivity index (χ3v) is 7.71.